The standard InChI is InChI=1S/C13H19FN2O2S/c1-8(7-17)9(2)15-13(18)16-10-4-5-12(19-3)11(14)6-10/h4-6,8-9,17H,7H2,1-3H3,(H2,15,16,18). The molecule has 3 N–H and O–H groups in total. The minimum atomic E-state index is -0.413. The normalized spacial score (nSPS) is 13.7. The van der Waals surface area contributed by atoms with E-state index >= 15 is 0 Å². The van der Waals surface area contributed by atoms with Gasteiger partial charge in [-0.1, -0.05) is 6.92 Å². The molecule has 0 aliphatic carbocycles. The van der Waals surface area contributed by atoms with E-state index in [0.717, 1.165) is 0 Å². The number of halogens is 1. The average Bonchev–Trinajstić information content (AvgIpc) is 2.37. The zero-order valence-corrected chi connectivity index (χ0v) is 12.1. The lowest BCUT2D eigenvalue weighted by Crippen LogP contribution is -2.40. The molecule has 0 fully saturated rings. The summed E-state index contributed by atoms with van der Waals surface area (Å²) in [4.78, 5) is 12.2. The van der Waals surface area contributed by atoms with Crippen molar-refractivity contribution in [2.75, 3.05) is 18.2 Å². The lowest BCUT2D eigenvalue weighted by molar-refractivity contribution is 0.204. The molecule has 6 heteroatoms. The Morgan fingerprint density at radius 1 is 1.47 bits per heavy atom. The third-order valence-corrected chi connectivity index (χ3v) is 3.68. The summed E-state index contributed by atoms with van der Waals surface area (Å²) in [5.74, 6) is -0.400. The van der Waals surface area contributed by atoms with Crippen LogP contribution < -0.4 is 10.6 Å². The van der Waals surface area contributed by atoms with Crippen LogP contribution in [0.1, 0.15) is 13.8 Å². The number of urea groups is 1. The third kappa shape index (κ3) is 4.72. The molecule has 1 aromatic carbocycles. The van der Waals surface area contributed by atoms with E-state index in [1.807, 2.05) is 6.92 Å². The molecule has 2 unspecified atom stereocenters. The van der Waals surface area contributed by atoms with Gasteiger partial charge in [0.15, 0.2) is 0 Å². The lowest BCUT2D eigenvalue weighted by Gasteiger charge is -2.19. The zero-order chi connectivity index (χ0) is 14.4. The molecule has 0 aliphatic heterocycles. The van der Waals surface area contributed by atoms with Crippen LogP contribution in [-0.2, 0) is 0 Å². The maximum absolute atomic E-state index is 13.5. The maximum Gasteiger partial charge on any atom is 0.319 e. The van der Waals surface area contributed by atoms with E-state index in [9.17, 15) is 9.18 Å². The first kappa shape index (κ1) is 15.8. The number of carbonyl (C=O) groups excluding carboxylic acids is 1. The number of hydrogen-bond donors (Lipinski definition) is 3. The fourth-order valence-corrected chi connectivity index (χ4v) is 1.88. The topological polar surface area (TPSA) is 61.4 Å². The van der Waals surface area contributed by atoms with E-state index in [1.54, 1.807) is 25.3 Å². The molecule has 1 rings (SSSR count). The van der Waals surface area contributed by atoms with Crippen molar-refractivity contribution in [2.24, 2.45) is 5.92 Å². The van der Waals surface area contributed by atoms with Gasteiger partial charge < -0.3 is 15.7 Å². The van der Waals surface area contributed by atoms with Gasteiger partial charge in [0.05, 0.1) is 0 Å². The highest BCUT2D eigenvalue weighted by atomic mass is 32.2. The van der Waals surface area contributed by atoms with Crippen LogP contribution in [0.15, 0.2) is 23.1 Å². The van der Waals surface area contributed by atoms with Crippen molar-refractivity contribution in [1.82, 2.24) is 5.32 Å². The summed E-state index contributed by atoms with van der Waals surface area (Å²) in [5.41, 5.74) is 0.400. The minimum Gasteiger partial charge on any atom is -0.396 e. The first-order valence-corrected chi connectivity index (χ1v) is 7.22. The van der Waals surface area contributed by atoms with E-state index in [4.69, 9.17) is 5.11 Å². The Labute approximate surface area is 116 Å². The van der Waals surface area contributed by atoms with E-state index in [0.29, 0.717) is 10.6 Å². The summed E-state index contributed by atoms with van der Waals surface area (Å²) in [6.45, 7) is 3.63. The van der Waals surface area contributed by atoms with Crippen LogP contribution in [0.3, 0.4) is 0 Å². The summed E-state index contributed by atoms with van der Waals surface area (Å²) in [6.07, 6.45) is 1.79. The Hall–Kier alpha value is -1.27. The fraction of sp³-hybridized carbons (Fsp3) is 0.462. The fourth-order valence-electron chi connectivity index (χ4n) is 1.42. The smallest absolute Gasteiger partial charge is 0.319 e. The summed E-state index contributed by atoms with van der Waals surface area (Å²) >= 11 is 1.31. The quantitative estimate of drug-likeness (QED) is 0.729. The molecule has 0 aromatic heterocycles. The number of amides is 2. The molecule has 2 atom stereocenters. The largest absolute Gasteiger partial charge is 0.396 e. The van der Waals surface area contributed by atoms with Gasteiger partial charge in [-0.15, -0.1) is 11.8 Å². The van der Waals surface area contributed by atoms with Gasteiger partial charge in [-0.05, 0) is 37.3 Å². The molecule has 2 amide bonds. The van der Waals surface area contributed by atoms with E-state index in [-0.39, 0.29) is 24.4 Å². The van der Waals surface area contributed by atoms with Crippen LogP contribution in [0.25, 0.3) is 0 Å². The molecule has 4 nitrogen and oxygen atoms in total. The van der Waals surface area contributed by atoms with Crippen molar-refractivity contribution < 1.29 is 14.3 Å². The second kappa shape index (κ2) is 7.35. The van der Waals surface area contributed by atoms with Gasteiger partial charge >= 0.3 is 6.03 Å². The Morgan fingerprint density at radius 3 is 2.68 bits per heavy atom. The molecular formula is C13H19FN2O2S. The SMILES string of the molecule is CSc1ccc(NC(=O)NC(C)C(C)CO)cc1F. The molecule has 1 aromatic rings. The van der Waals surface area contributed by atoms with E-state index in [1.165, 1.54) is 17.8 Å². The molecule has 0 saturated carbocycles. The number of thioether (sulfide) groups is 1. The van der Waals surface area contributed by atoms with Gasteiger partial charge in [0.25, 0.3) is 0 Å². The van der Waals surface area contributed by atoms with Crippen LogP contribution in [0.2, 0.25) is 0 Å². The Morgan fingerprint density at radius 2 is 2.16 bits per heavy atom. The summed E-state index contributed by atoms with van der Waals surface area (Å²) < 4.78 is 13.5. The number of anilines is 1. The van der Waals surface area contributed by atoms with Crippen LogP contribution in [-0.4, -0.2) is 30.0 Å². The Balaban J connectivity index is 2.60. The number of carbonyl (C=O) groups is 1. The van der Waals surface area contributed by atoms with Gasteiger partial charge in [0.1, 0.15) is 5.82 Å². The van der Waals surface area contributed by atoms with Gasteiger partial charge in [-0.25, -0.2) is 9.18 Å². The van der Waals surface area contributed by atoms with Crippen LogP contribution in [0.4, 0.5) is 14.9 Å². The summed E-state index contributed by atoms with van der Waals surface area (Å²) in [5, 5.41) is 14.2. The molecule has 0 heterocycles. The predicted molar refractivity (Wildman–Crippen MR) is 76.0 cm³/mol. The van der Waals surface area contributed by atoms with Crippen molar-refractivity contribution in [3.63, 3.8) is 0 Å². The molecule has 0 aliphatic rings. The second-order valence-electron chi connectivity index (χ2n) is 4.40. The van der Waals surface area contributed by atoms with Crippen molar-refractivity contribution in [1.29, 1.82) is 0 Å². The van der Waals surface area contributed by atoms with E-state index < -0.39 is 6.03 Å². The third-order valence-electron chi connectivity index (χ3n) is 2.91. The van der Waals surface area contributed by atoms with Gasteiger partial charge in [-0.2, -0.15) is 0 Å². The lowest BCUT2D eigenvalue weighted by atomic mass is 10.1. The Kier molecular flexibility index (Phi) is 6.11. The zero-order valence-electron chi connectivity index (χ0n) is 11.2. The molecule has 0 saturated heterocycles. The number of aliphatic hydroxyl groups is 1. The van der Waals surface area contributed by atoms with Crippen LogP contribution >= 0.6 is 11.8 Å². The summed E-state index contributed by atoms with van der Waals surface area (Å²) in [6, 6.07) is 3.97. The maximum atomic E-state index is 13.5. The number of hydrogen-bond acceptors (Lipinski definition) is 3. The van der Waals surface area contributed by atoms with Gasteiger partial charge in [-0.3, -0.25) is 0 Å². The van der Waals surface area contributed by atoms with Crippen molar-refractivity contribution in [2.45, 2.75) is 24.8 Å². The highest BCUT2D eigenvalue weighted by Gasteiger charge is 2.14. The second-order valence-corrected chi connectivity index (χ2v) is 5.24. The number of aliphatic hydroxyl groups excluding tert-OH is 1. The van der Waals surface area contributed by atoms with Crippen molar-refractivity contribution >= 4 is 23.5 Å². The van der Waals surface area contributed by atoms with Crippen molar-refractivity contribution in [3.05, 3.63) is 24.0 Å². The molecule has 0 bridgehead atoms. The molecule has 0 spiro atoms. The van der Waals surface area contributed by atoms with Crippen molar-refractivity contribution in [3.8, 4) is 0 Å². The van der Waals surface area contributed by atoms with Gasteiger partial charge in [0.2, 0.25) is 0 Å². The van der Waals surface area contributed by atoms with Crippen LogP contribution in [0, 0.1) is 11.7 Å². The Bertz CT molecular complexity index is 443. The minimum absolute atomic E-state index is 0.00149. The predicted octanol–water partition coefficient (Wildman–Crippen LogP) is 2.69. The molecule has 19 heavy (non-hydrogen) atoms. The molecule has 106 valence electrons. The first-order chi connectivity index (χ1) is 8.97. The molecular weight excluding hydrogens is 267 g/mol. The highest BCUT2D eigenvalue weighted by Crippen LogP contribution is 2.22. The van der Waals surface area contributed by atoms with E-state index in [2.05, 4.69) is 10.6 Å². The molecule has 0 radical (unpaired) electrons. The monoisotopic (exact) mass is 286 g/mol. The van der Waals surface area contributed by atoms with Gasteiger partial charge in [0, 0.05) is 23.2 Å². The van der Waals surface area contributed by atoms with Crippen LogP contribution in [0.5, 0.6) is 0 Å². The summed E-state index contributed by atoms with van der Waals surface area (Å²) in [7, 11) is 0. The highest BCUT2D eigenvalue weighted by molar-refractivity contribution is 7.98. The average molecular weight is 286 g/mol. The number of nitrogens with one attached hydrogen (secondary N) is 2. The number of rotatable bonds is 5. The first-order valence-electron chi connectivity index (χ1n) is 5.99. The number of benzene rings is 1.